The van der Waals surface area contributed by atoms with E-state index in [1.165, 1.54) is 4.90 Å². The van der Waals surface area contributed by atoms with Gasteiger partial charge in [0.2, 0.25) is 0 Å². The van der Waals surface area contributed by atoms with Gasteiger partial charge in [-0.05, 0) is 6.07 Å². The van der Waals surface area contributed by atoms with Gasteiger partial charge in [-0.15, -0.1) is 0 Å². The quantitative estimate of drug-likeness (QED) is 0.431. The third-order valence-corrected chi connectivity index (χ3v) is 2.83. The van der Waals surface area contributed by atoms with Gasteiger partial charge in [0.15, 0.2) is 4.96 Å². The number of hydrogen-bond acceptors (Lipinski definition) is 2. The topological polar surface area (TPSA) is 20.3 Å². The molecule has 1 aromatic rings. The molecule has 5 heteroatoms. The molecule has 0 N–H and O–H groups in total. The van der Waals surface area contributed by atoms with Gasteiger partial charge in [0, 0.05) is 5.56 Å². The first kappa shape index (κ1) is 9.90. The summed E-state index contributed by atoms with van der Waals surface area (Å²) in [5.74, 6) is -0.236. The zero-order valence-electron chi connectivity index (χ0n) is 6.91. The van der Waals surface area contributed by atoms with E-state index in [1.807, 2.05) is 6.07 Å². The summed E-state index contributed by atoms with van der Waals surface area (Å²) in [5, 5.41) is 0. The van der Waals surface area contributed by atoms with Gasteiger partial charge in [-0.25, -0.2) is 0 Å². The van der Waals surface area contributed by atoms with Crippen molar-refractivity contribution in [3.05, 3.63) is 35.4 Å². The van der Waals surface area contributed by atoms with Crippen LogP contribution >= 0.6 is 35.4 Å². The largest absolute Gasteiger partial charge is 0.269 e. The lowest BCUT2D eigenvalue weighted by Gasteiger charge is -2.16. The van der Waals surface area contributed by atoms with E-state index in [0.717, 1.165) is 5.56 Å². The van der Waals surface area contributed by atoms with Gasteiger partial charge >= 0.3 is 0 Å². The Morgan fingerprint density at radius 2 is 1.79 bits per heavy atom. The molecule has 1 heterocycles. The number of alkyl halides is 2. The van der Waals surface area contributed by atoms with Gasteiger partial charge in [0.05, 0.1) is 5.56 Å². The van der Waals surface area contributed by atoms with E-state index in [0.29, 0.717) is 10.6 Å². The molecule has 2 nitrogen and oxygen atoms in total. The standard InChI is InChI=1S/C9H5Cl2NOS/c10-9(11)12-7(13)5-3-1-2-4-6(5)8(12)14/h1-4,9H. The Bertz CT molecular complexity index is 384. The number of hydrogen-bond donors (Lipinski definition) is 0. The summed E-state index contributed by atoms with van der Waals surface area (Å²) in [6, 6.07) is 7.09. The van der Waals surface area contributed by atoms with E-state index < -0.39 is 4.96 Å². The highest BCUT2D eigenvalue weighted by Gasteiger charge is 2.35. The molecule has 1 amide bonds. The Morgan fingerprint density at radius 3 is 2.29 bits per heavy atom. The molecule has 0 spiro atoms. The predicted molar refractivity (Wildman–Crippen MR) is 59.8 cm³/mol. The molecule has 0 radical (unpaired) electrons. The van der Waals surface area contributed by atoms with Crippen molar-refractivity contribution in [2.75, 3.05) is 0 Å². The van der Waals surface area contributed by atoms with Crippen molar-refractivity contribution in [2.45, 2.75) is 4.96 Å². The number of carbonyl (C=O) groups is 1. The molecule has 0 atom stereocenters. The Morgan fingerprint density at radius 1 is 1.21 bits per heavy atom. The van der Waals surface area contributed by atoms with Crippen molar-refractivity contribution in [1.29, 1.82) is 0 Å². The lowest BCUT2D eigenvalue weighted by atomic mass is 10.1. The molecule has 0 bridgehead atoms. The van der Waals surface area contributed by atoms with E-state index in [-0.39, 0.29) is 5.91 Å². The molecule has 0 unspecified atom stereocenters. The number of halogens is 2. The van der Waals surface area contributed by atoms with E-state index in [1.54, 1.807) is 18.2 Å². The van der Waals surface area contributed by atoms with Crippen LogP contribution in [0.1, 0.15) is 15.9 Å². The summed E-state index contributed by atoms with van der Waals surface area (Å²) in [6.07, 6.45) is 0. The summed E-state index contributed by atoms with van der Waals surface area (Å²) >= 11 is 16.4. The van der Waals surface area contributed by atoms with E-state index >= 15 is 0 Å². The highest BCUT2D eigenvalue weighted by atomic mass is 35.5. The van der Waals surface area contributed by atoms with Gasteiger partial charge in [0.1, 0.15) is 4.99 Å². The molecule has 1 aliphatic heterocycles. The van der Waals surface area contributed by atoms with Crippen LogP contribution in [0.5, 0.6) is 0 Å². The first-order valence-electron chi connectivity index (χ1n) is 3.88. The number of nitrogens with zero attached hydrogens (tertiary/aromatic N) is 1. The smallest absolute Gasteiger partial charge is 0.261 e. The number of rotatable bonds is 1. The van der Waals surface area contributed by atoms with Crippen LogP contribution in [-0.2, 0) is 0 Å². The molecule has 2 rings (SSSR count). The number of amides is 1. The van der Waals surface area contributed by atoms with Crippen LogP contribution in [-0.4, -0.2) is 20.8 Å². The number of carbonyl (C=O) groups excluding carboxylic acids is 1. The summed E-state index contributed by atoms with van der Waals surface area (Å²) in [5.41, 5.74) is 1.28. The zero-order valence-corrected chi connectivity index (χ0v) is 9.23. The monoisotopic (exact) mass is 245 g/mol. The SMILES string of the molecule is O=C1c2ccccc2C(=S)N1C(Cl)Cl. The normalized spacial score (nSPS) is 15.2. The van der Waals surface area contributed by atoms with Gasteiger partial charge < -0.3 is 0 Å². The van der Waals surface area contributed by atoms with Crippen LogP contribution in [0.2, 0.25) is 0 Å². The maximum atomic E-state index is 11.7. The minimum Gasteiger partial charge on any atom is -0.269 e. The van der Waals surface area contributed by atoms with Crippen LogP contribution in [0.3, 0.4) is 0 Å². The number of benzene rings is 1. The van der Waals surface area contributed by atoms with Crippen molar-refractivity contribution < 1.29 is 4.79 Å². The summed E-state index contributed by atoms with van der Waals surface area (Å²) in [7, 11) is 0. The number of thiocarbonyl (C=S) groups is 1. The summed E-state index contributed by atoms with van der Waals surface area (Å²) in [6.45, 7) is 0. The second-order valence-corrected chi connectivity index (χ2v) is 4.24. The minimum absolute atomic E-state index is 0.236. The van der Waals surface area contributed by atoms with Crippen LogP contribution in [0.25, 0.3) is 0 Å². The third kappa shape index (κ3) is 1.32. The first-order valence-corrected chi connectivity index (χ1v) is 5.16. The van der Waals surface area contributed by atoms with Gasteiger partial charge in [0.25, 0.3) is 5.91 Å². The van der Waals surface area contributed by atoms with E-state index in [2.05, 4.69) is 0 Å². The van der Waals surface area contributed by atoms with E-state index in [4.69, 9.17) is 35.4 Å². The fourth-order valence-electron chi connectivity index (χ4n) is 1.39. The van der Waals surface area contributed by atoms with E-state index in [9.17, 15) is 4.79 Å². The fraction of sp³-hybridized carbons (Fsp3) is 0.111. The molecule has 0 aromatic heterocycles. The van der Waals surface area contributed by atoms with Crippen molar-refractivity contribution in [2.24, 2.45) is 0 Å². The molecule has 14 heavy (non-hydrogen) atoms. The summed E-state index contributed by atoms with van der Waals surface area (Å²) in [4.78, 5) is 12.4. The van der Waals surface area contributed by atoms with Gasteiger partial charge in [-0.1, -0.05) is 53.6 Å². The Kier molecular flexibility index (Phi) is 2.47. The molecule has 0 aliphatic carbocycles. The minimum atomic E-state index is -0.928. The zero-order chi connectivity index (χ0) is 10.3. The highest BCUT2D eigenvalue weighted by Crippen LogP contribution is 2.27. The molecule has 0 fully saturated rings. The fourth-order valence-corrected chi connectivity index (χ4v) is 2.24. The average Bonchev–Trinajstić information content (AvgIpc) is 2.41. The highest BCUT2D eigenvalue weighted by molar-refractivity contribution is 7.80. The second kappa shape index (κ2) is 3.50. The summed E-state index contributed by atoms with van der Waals surface area (Å²) < 4.78 is 0. The van der Waals surface area contributed by atoms with Crippen LogP contribution in [0.4, 0.5) is 0 Å². The molecular formula is C9H5Cl2NOS. The molecule has 1 aliphatic rings. The lowest BCUT2D eigenvalue weighted by molar-refractivity contribution is 0.0869. The Labute approximate surface area is 96.4 Å². The van der Waals surface area contributed by atoms with Crippen LogP contribution in [0.15, 0.2) is 24.3 Å². The van der Waals surface area contributed by atoms with Crippen molar-refractivity contribution >= 4 is 46.3 Å². The molecule has 1 aromatic carbocycles. The first-order chi connectivity index (χ1) is 6.63. The molecular weight excluding hydrogens is 241 g/mol. The Balaban J connectivity index is 2.54. The maximum Gasteiger partial charge on any atom is 0.261 e. The maximum absolute atomic E-state index is 11.7. The van der Waals surface area contributed by atoms with Crippen LogP contribution < -0.4 is 0 Å². The van der Waals surface area contributed by atoms with Crippen LogP contribution in [0, 0.1) is 0 Å². The molecule has 72 valence electrons. The predicted octanol–water partition coefficient (Wildman–Crippen LogP) is 2.58. The average molecular weight is 246 g/mol. The van der Waals surface area contributed by atoms with Gasteiger partial charge in [-0.3, -0.25) is 9.69 Å². The Hall–Kier alpha value is -0.640. The lowest BCUT2D eigenvalue weighted by Crippen LogP contribution is -2.32. The third-order valence-electron chi connectivity index (χ3n) is 2.02. The van der Waals surface area contributed by atoms with Crippen molar-refractivity contribution in [3.8, 4) is 0 Å². The molecule has 0 saturated heterocycles. The van der Waals surface area contributed by atoms with Crippen molar-refractivity contribution in [3.63, 3.8) is 0 Å². The van der Waals surface area contributed by atoms with Gasteiger partial charge in [-0.2, -0.15) is 0 Å². The second-order valence-electron chi connectivity index (χ2n) is 2.80. The molecule has 0 saturated carbocycles. The van der Waals surface area contributed by atoms with Crippen molar-refractivity contribution in [1.82, 2.24) is 4.90 Å². The number of fused-ring (bicyclic) bond motifs is 1.